The molecule has 4 aromatic rings. The fourth-order valence-corrected chi connectivity index (χ4v) is 5.85. The van der Waals surface area contributed by atoms with Crippen LogP contribution in [0.5, 0.6) is 0 Å². The van der Waals surface area contributed by atoms with Crippen molar-refractivity contribution in [3.63, 3.8) is 0 Å². The maximum Gasteiger partial charge on any atom is 0.158 e. The van der Waals surface area contributed by atoms with Crippen LogP contribution in [0, 0.1) is 13.8 Å². The van der Waals surface area contributed by atoms with Gasteiger partial charge in [-0.2, -0.15) is 15.3 Å². The van der Waals surface area contributed by atoms with E-state index in [0.29, 0.717) is 11.8 Å². The number of H-pyrrole nitrogens is 1. The Hall–Kier alpha value is -3.32. The summed E-state index contributed by atoms with van der Waals surface area (Å²) in [6.45, 7) is 13.0. The van der Waals surface area contributed by atoms with E-state index in [1.165, 1.54) is 62.8 Å². The van der Waals surface area contributed by atoms with Crippen LogP contribution in [0.1, 0.15) is 60.8 Å². The number of aromatic amines is 1. The molecule has 1 saturated heterocycles. The van der Waals surface area contributed by atoms with E-state index in [0.717, 1.165) is 31.8 Å². The minimum absolute atomic E-state index is 0.400. The van der Waals surface area contributed by atoms with Crippen molar-refractivity contribution in [1.82, 2.24) is 24.5 Å². The molecule has 0 atom stereocenters. The van der Waals surface area contributed by atoms with E-state index in [1.54, 1.807) is 6.33 Å². The highest BCUT2D eigenvalue weighted by Crippen LogP contribution is 2.40. The van der Waals surface area contributed by atoms with Gasteiger partial charge in [0.15, 0.2) is 5.65 Å². The second kappa shape index (κ2) is 8.72. The molecular formula is C28H33N7. The van der Waals surface area contributed by atoms with Crippen molar-refractivity contribution in [2.45, 2.75) is 52.4 Å². The van der Waals surface area contributed by atoms with E-state index in [-0.39, 0.29) is 0 Å². The zero-order valence-electron chi connectivity index (χ0n) is 21.0. The lowest BCUT2D eigenvalue weighted by Crippen LogP contribution is -2.34. The van der Waals surface area contributed by atoms with Gasteiger partial charge in [-0.25, -0.2) is 9.50 Å². The van der Waals surface area contributed by atoms with Gasteiger partial charge in [-0.05, 0) is 91.6 Å². The Morgan fingerprint density at radius 1 is 1.11 bits per heavy atom. The van der Waals surface area contributed by atoms with Crippen molar-refractivity contribution in [2.24, 2.45) is 10.2 Å². The zero-order valence-corrected chi connectivity index (χ0v) is 21.0. The molecule has 0 saturated carbocycles. The number of aromatic nitrogens is 4. The van der Waals surface area contributed by atoms with E-state index in [2.05, 4.69) is 82.3 Å². The van der Waals surface area contributed by atoms with Crippen LogP contribution < -0.4 is 0 Å². The summed E-state index contributed by atoms with van der Waals surface area (Å²) >= 11 is 0. The minimum atomic E-state index is 0.400. The number of benzene rings is 1. The van der Waals surface area contributed by atoms with Crippen LogP contribution in [0.25, 0.3) is 27.8 Å². The van der Waals surface area contributed by atoms with Gasteiger partial charge in [-0.3, -0.25) is 4.90 Å². The summed E-state index contributed by atoms with van der Waals surface area (Å²) in [5, 5.41) is 13.9. The molecule has 1 aromatic carbocycles. The van der Waals surface area contributed by atoms with Gasteiger partial charge in [0.05, 0.1) is 18.4 Å². The van der Waals surface area contributed by atoms with E-state index in [1.807, 2.05) is 10.7 Å². The van der Waals surface area contributed by atoms with E-state index < -0.39 is 0 Å². The second-order valence-corrected chi connectivity index (χ2v) is 10.4. The summed E-state index contributed by atoms with van der Waals surface area (Å²) in [6, 6.07) is 7.08. The topological polar surface area (TPSA) is 73.9 Å². The number of rotatable bonds is 5. The molecule has 1 fully saturated rings. The molecule has 0 radical (unpaired) electrons. The van der Waals surface area contributed by atoms with E-state index in [4.69, 9.17) is 0 Å². The van der Waals surface area contributed by atoms with Gasteiger partial charge in [-0.1, -0.05) is 19.9 Å². The largest absolute Gasteiger partial charge is 0.354 e. The van der Waals surface area contributed by atoms with Crippen LogP contribution in [0.3, 0.4) is 0 Å². The molecule has 0 spiro atoms. The lowest BCUT2D eigenvalue weighted by atomic mass is 9.87. The van der Waals surface area contributed by atoms with Crippen LogP contribution in [0.4, 0.5) is 0 Å². The summed E-state index contributed by atoms with van der Waals surface area (Å²) in [7, 11) is 0. The Kier molecular flexibility index (Phi) is 5.52. The number of nitrogens with zero attached hydrogens (tertiary/aromatic N) is 6. The highest BCUT2D eigenvalue weighted by atomic mass is 15.3. The number of piperidine rings is 1. The standard InChI is InChI=1S/C28H33N7/c1-17(2)26-23-11-22(21-7-9-34(10-8-21)14-20-12-30-31-13-20)5-6-25(23)33-27(26)24-15-35-28(29-16-32-35)19(4)18(24)3/h5-6,11-12,15-17,21,33H,7-10,13-14H2,1-4H3. The SMILES string of the molecule is Cc1c(-c2[nH]c3ccc(C4CCN(CC5=CN=NC5)CC4)cc3c2C(C)C)cn2ncnc2c1C. The summed E-state index contributed by atoms with van der Waals surface area (Å²) in [4.78, 5) is 10.8. The molecule has 2 aliphatic rings. The van der Waals surface area contributed by atoms with Crippen molar-refractivity contribution >= 4 is 16.6 Å². The first-order chi connectivity index (χ1) is 17.0. The second-order valence-electron chi connectivity index (χ2n) is 10.4. The molecule has 7 nitrogen and oxygen atoms in total. The highest BCUT2D eigenvalue weighted by Gasteiger charge is 2.24. The number of likely N-dealkylation sites (tertiary alicyclic amines) is 1. The molecule has 0 aliphatic carbocycles. The normalized spacial score (nSPS) is 17.3. The van der Waals surface area contributed by atoms with Crippen molar-refractivity contribution in [3.05, 3.63) is 64.8 Å². The van der Waals surface area contributed by atoms with Crippen molar-refractivity contribution in [1.29, 1.82) is 0 Å². The Labute approximate surface area is 206 Å². The molecule has 0 bridgehead atoms. The molecule has 7 heteroatoms. The van der Waals surface area contributed by atoms with Crippen LogP contribution in [-0.2, 0) is 0 Å². The average Bonchev–Trinajstić information content (AvgIpc) is 3.61. The molecule has 35 heavy (non-hydrogen) atoms. The molecule has 1 N–H and O–H groups in total. The van der Waals surface area contributed by atoms with E-state index >= 15 is 0 Å². The molecule has 5 heterocycles. The zero-order chi connectivity index (χ0) is 24.1. The third-order valence-electron chi connectivity index (χ3n) is 7.92. The first-order valence-corrected chi connectivity index (χ1v) is 12.7. The number of fused-ring (bicyclic) bond motifs is 2. The maximum absolute atomic E-state index is 4.44. The Balaban J connectivity index is 1.33. The van der Waals surface area contributed by atoms with Gasteiger partial charge < -0.3 is 4.98 Å². The lowest BCUT2D eigenvalue weighted by molar-refractivity contribution is 0.228. The molecule has 6 rings (SSSR count). The van der Waals surface area contributed by atoms with Crippen molar-refractivity contribution < 1.29 is 0 Å². The van der Waals surface area contributed by atoms with Crippen molar-refractivity contribution in [3.8, 4) is 11.3 Å². The highest BCUT2D eigenvalue weighted by molar-refractivity contribution is 5.92. The van der Waals surface area contributed by atoms with Gasteiger partial charge in [0, 0.05) is 29.2 Å². The fraction of sp³-hybridized carbons (Fsp3) is 0.429. The first kappa shape index (κ1) is 22.2. The number of hydrogen-bond acceptors (Lipinski definition) is 5. The van der Waals surface area contributed by atoms with Crippen LogP contribution in [0.2, 0.25) is 0 Å². The Morgan fingerprint density at radius 3 is 2.69 bits per heavy atom. The summed E-state index contributed by atoms with van der Waals surface area (Å²) in [5.41, 5.74) is 11.2. The van der Waals surface area contributed by atoms with Crippen LogP contribution in [-0.4, -0.2) is 50.7 Å². The predicted octanol–water partition coefficient (Wildman–Crippen LogP) is 6.15. The number of nitrogens with one attached hydrogen (secondary N) is 1. The fourth-order valence-electron chi connectivity index (χ4n) is 5.85. The molecule has 3 aromatic heterocycles. The first-order valence-electron chi connectivity index (χ1n) is 12.7. The summed E-state index contributed by atoms with van der Waals surface area (Å²) < 4.78 is 1.90. The van der Waals surface area contributed by atoms with Gasteiger partial charge >= 0.3 is 0 Å². The van der Waals surface area contributed by atoms with Crippen LogP contribution >= 0.6 is 0 Å². The summed E-state index contributed by atoms with van der Waals surface area (Å²) in [6.07, 6.45) is 8.08. The third-order valence-corrected chi connectivity index (χ3v) is 7.92. The quantitative estimate of drug-likeness (QED) is 0.383. The monoisotopic (exact) mass is 467 g/mol. The number of aryl methyl sites for hydroxylation is 1. The van der Waals surface area contributed by atoms with E-state index in [9.17, 15) is 0 Å². The molecule has 2 aliphatic heterocycles. The van der Waals surface area contributed by atoms with Gasteiger partial charge in [0.25, 0.3) is 0 Å². The predicted molar refractivity (Wildman–Crippen MR) is 140 cm³/mol. The summed E-state index contributed by atoms with van der Waals surface area (Å²) in [5.74, 6) is 1.01. The minimum Gasteiger partial charge on any atom is -0.354 e. The Morgan fingerprint density at radius 2 is 1.94 bits per heavy atom. The molecule has 180 valence electrons. The Bertz CT molecular complexity index is 1460. The lowest BCUT2D eigenvalue weighted by Gasteiger charge is -2.32. The van der Waals surface area contributed by atoms with Gasteiger partial charge in [-0.15, -0.1) is 0 Å². The smallest absolute Gasteiger partial charge is 0.158 e. The van der Waals surface area contributed by atoms with Crippen LogP contribution in [0.15, 0.2) is 52.7 Å². The molecule has 0 unspecified atom stereocenters. The number of pyridine rings is 1. The third kappa shape index (κ3) is 3.88. The number of azo groups is 1. The maximum atomic E-state index is 4.44. The average molecular weight is 468 g/mol. The van der Waals surface area contributed by atoms with Gasteiger partial charge in [0.1, 0.15) is 6.33 Å². The van der Waals surface area contributed by atoms with Gasteiger partial charge in [0.2, 0.25) is 0 Å². The number of hydrogen-bond donors (Lipinski definition) is 1. The van der Waals surface area contributed by atoms with Crippen molar-refractivity contribution in [2.75, 3.05) is 26.2 Å². The molecule has 0 amide bonds. The molecular weight excluding hydrogens is 434 g/mol.